The maximum Gasteiger partial charge on any atom is 0.127 e. The van der Waals surface area contributed by atoms with Crippen molar-refractivity contribution in [2.24, 2.45) is 5.41 Å². The molecule has 0 aromatic heterocycles. The summed E-state index contributed by atoms with van der Waals surface area (Å²) in [5.41, 5.74) is 0.825. The standard InChI is InChI=1S/C16H22F2N2/c17-14-3-4-15(18)13(9-14)10-20-8-2-6-16(12-20)5-1-7-19-11-16/h3-4,9,19H,1-2,5-8,10-12H2. The molecule has 1 aromatic carbocycles. The highest BCUT2D eigenvalue weighted by molar-refractivity contribution is 5.18. The molecule has 0 bridgehead atoms. The molecule has 110 valence electrons. The molecule has 2 heterocycles. The quantitative estimate of drug-likeness (QED) is 0.896. The van der Waals surface area contributed by atoms with Gasteiger partial charge in [-0.3, -0.25) is 4.90 Å². The highest BCUT2D eigenvalue weighted by atomic mass is 19.1. The van der Waals surface area contributed by atoms with Crippen molar-refractivity contribution >= 4 is 0 Å². The second-order valence-electron chi connectivity index (χ2n) is 6.33. The lowest BCUT2D eigenvalue weighted by molar-refractivity contribution is 0.0594. The molecular weight excluding hydrogens is 258 g/mol. The molecule has 1 N–H and O–H groups in total. The Balaban J connectivity index is 1.69. The van der Waals surface area contributed by atoms with Crippen LogP contribution in [0.3, 0.4) is 0 Å². The molecule has 2 saturated heterocycles. The summed E-state index contributed by atoms with van der Waals surface area (Å²) in [4.78, 5) is 2.29. The third-order valence-electron chi connectivity index (χ3n) is 4.70. The van der Waals surface area contributed by atoms with Gasteiger partial charge in [-0.25, -0.2) is 8.78 Å². The van der Waals surface area contributed by atoms with Crippen LogP contribution in [0.4, 0.5) is 8.78 Å². The third kappa shape index (κ3) is 3.01. The van der Waals surface area contributed by atoms with Crippen LogP contribution >= 0.6 is 0 Å². The molecule has 0 amide bonds. The molecule has 1 unspecified atom stereocenters. The summed E-state index contributed by atoms with van der Waals surface area (Å²) in [5.74, 6) is -0.653. The van der Waals surface area contributed by atoms with E-state index in [-0.39, 0.29) is 11.6 Å². The van der Waals surface area contributed by atoms with Gasteiger partial charge in [-0.15, -0.1) is 0 Å². The van der Waals surface area contributed by atoms with E-state index in [9.17, 15) is 8.78 Å². The lowest BCUT2D eigenvalue weighted by Gasteiger charge is -2.45. The summed E-state index contributed by atoms with van der Waals surface area (Å²) in [6.45, 7) is 4.68. The predicted molar refractivity (Wildman–Crippen MR) is 75.4 cm³/mol. The summed E-state index contributed by atoms with van der Waals surface area (Å²) >= 11 is 0. The molecule has 2 fully saturated rings. The average molecular weight is 280 g/mol. The second kappa shape index (κ2) is 5.78. The number of halogens is 2. The van der Waals surface area contributed by atoms with Crippen LogP contribution in [0, 0.1) is 17.0 Å². The Morgan fingerprint density at radius 2 is 2.05 bits per heavy atom. The molecule has 1 spiro atoms. The summed E-state index contributed by atoms with van der Waals surface area (Å²) in [6, 6.07) is 3.74. The number of likely N-dealkylation sites (tertiary alicyclic amines) is 1. The summed E-state index contributed by atoms with van der Waals surface area (Å²) < 4.78 is 27.0. The summed E-state index contributed by atoms with van der Waals surface area (Å²) in [6.07, 6.45) is 4.88. The normalized spacial score (nSPS) is 27.9. The molecule has 20 heavy (non-hydrogen) atoms. The highest BCUT2D eigenvalue weighted by Gasteiger charge is 2.36. The SMILES string of the molecule is Fc1ccc(F)c(CN2CCCC3(CCCNC3)C2)c1. The van der Waals surface area contributed by atoms with Crippen LogP contribution in [0.25, 0.3) is 0 Å². The molecule has 2 aliphatic rings. The fourth-order valence-corrected chi connectivity index (χ4v) is 3.73. The van der Waals surface area contributed by atoms with E-state index >= 15 is 0 Å². The van der Waals surface area contributed by atoms with Crippen LogP contribution in [0.5, 0.6) is 0 Å². The number of nitrogens with one attached hydrogen (secondary N) is 1. The highest BCUT2D eigenvalue weighted by Crippen LogP contribution is 2.36. The Morgan fingerprint density at radius 3 is 2.85 bits per heavy atom. The first kappa shape index (κ1) is 14.0. The number of piperidine rings is 2. The second-order valence-corrected chi connectivity index (χ2v) is 6.33. The van der Waals surface area contributed by atoms with Crippen molar-refractivity contribution in [3.63, 3.8) is 0 Å². The average Bonchev–Trinajstić information content (AvgIpc) is 2.44. The van der Waals surface area contributed by atoms with Gasteiger partial charge in [0.2, 0.25) is 0 Å². The fraction of sp³-hybridized carbons (Fsp3) is 0.625. The molecule has 0 aliphatic carbocycles. The molecule has 1 aromatic rings. The van der Waals surface area contributed by atoms with Crippen molar-refractivity contribution in [3.05, 3.63) is 35.4 Å². The van der Waals surface area contributed by atoms with Gasteiger partial charge in [0.15, 0.2) is 0 Å². The minimum atomic E-state index is -0.354. The van der Waals surface area contributed by atoms with Crippen molar-refractivity contribution in [1.29, 1.82) is 0 Å². The first-order valence-electron chi connectivity index (χ1n) is 7.54. The van der Waals surface area contributed by atoms with Gasteiger partial charge in [0.25, 0.3) is 0 Å². The van der Waals surface area contributed by atoms with Gasteiger partial charge < -0.3 is 5.32 Å². The third-order valence-corrected chi connectivity index (χ3v) is 4.70. The van der Waals surface area contributed by atoms with Gasteiger partial charge in [0, 0.05) is 25.2 Å². The van der Waals surface area contributed by atoms with E-state index in [1.165, 1.54) is 37.5 Å². The molecule has 2 nitrogen and oxygen atoms in total. The first-order valence-corrected chi connectivity index (χ1v) is 7.54. The minimum absolute atomic E-state index is 0.298. The minimum Gasteiger partial charge on any atom is -0.316 e. The largest absolute Gasteiger partial charge is 0.316 e. The van der Waals surface area contributed by atoms with Crippen molar-refractivity contribution in [2.45, 2.75) is 32.2 Å². The number of rotatable bonds is 2. The van der Waals surface area contributed by atoms with Crippen LogP contribution in [0.1, 0.15) is 31.2 Å². The number of nitrogens with zero attached hydrogens (tertiary/aromatic N) is 1. The Morgan fingerprint density at radius 1 is 1.20 bits per heavy atom. The predicted octanol–water partition coefficient (Wildman–Crippen LogP) is 2.93. The number of benzene rings is 1. The van der Waals surface area contributed by atoms with Gasteiger partial charge in [-0.1, -0.05) is 0 Å². The zero-order valence-corrected chi connectivity index (χ0v) is 11.8. The van der Waals surface area contributed by atoms with E-state index < -0.39 is 0 Å². The Hall–Kier alpha value is -1.00. The molecule has 0 radical (unpaired) electrons. The van der Waals surface area contributed by atoms with Gasteiger partial charge in [-0.05, 0) is 62.4 Å². The van der Waals surface area contributed by atoms with Gasteiger partial charge in [0.05, 0.1) is 0 Å². The summed E-state index contributed by atoms with van der Waals surface area (Å²) in [5, 5.41) is 3.49. The van der Waals surface area contributed by atoms with E-state index in [0.29, 0.717) is 17.5 Å². The molecule has 4 heteroatoms. The molecule has 2 aliphatic heterocycles. The zero-order valence-electron chi connectivity index (χ0n) is 11.8. The van der Waals surface area contributed by atoms with E-state index in [1.54, 1.807) is 0 Å². The smallest absolute Gasteiger partial charge is 0.127 e. The monoisotopic (exact) mass is 280 g/mol. The van der Waals surface area contributed by atoms with Crippen molar-refractivity contribution in [2.75, 3.05) is 26.2 Å². The number of hydrogen-bond donors (Lipinski definition) is 1. The first-order chi connectivity index (χ1) is 9.67. The van der Waals surface area contributed by atoms with Crippen LogP contribution in [0.15, 0.2) is 18.2 Å². The van der Waals surface area contributed by atoms with Crippen LogP contribution in [0.2, 0.25) is 0 Å². The van der Waals surface area contributed by atoms with E-state index in [1.807, 2.05) is 0 Å². The van der Waals surface area contributed by atoms with E-state index in [0.717, 1.165) is 32.6 Å². The molecule has 0 saturated carbocycles. The van der Waals surface area contributed by atoms with Crippen LogP contribution < -0.4 is 5.32 Å². The summed E-state index contributed by atoms with van der Waals surface area (Å²) in [7, 11) is 0. The Kier molecular flexibility index (Phi) is 4.03. The van der Waals surface area contributed by atoms with Crippen LogP contribution in [-0.4, -0.2) is 31.1 Å². The van der Waals surface area contributed by atoms with Gasteiger partial charge in [0.1, 0.15) is 11.6 Å². The van der Waals surface area contributed by atoms with Crippen molar-refractivity contribution in [3.8, 4) is 0 Å². The van der Waals surface area contributed by atoms with Crippen LogP contribution in [-0.2, 0) is 6.54 Å². The van der Waals surface area contributed by atoms with Gasteiger partial charge in [-0.2, -0.15) is 0 Å². The Labute approximate surface area is 119 Å². The zero-order chi connectivity index (χ0) is 14.0. The maximum atomic E-state index is 13.8. The van der Waals surface area contributed by atoms with E-state index in [4.69, 9.17) is 0 Å². The van der Waals surface area contributed by atoms with E-state index in [2.05, 4.69) is 10.2 Å². The maximum absolute atomic E-state index is 13.8. The fourth-order valence-electron chi connectivity index (χ4n) is 3.73. The lowest BCUT2D eigenvalue weighted by atomic mass is 9.74. The van der Waals surface area contributed by atoms with Gasteiger partial charge >= 0.3 is 0 Å². The number of hydrogen-bond acceptors (Lipinski definition) is 2. The Bertz CT molecular complexity index is 464. The lowest BCUT2D eigenvalue weighted by Crippen LogP contribution is -2.50. The molecule has 3 rings (SSSR count). The van der Waals surface area contributed by atoms with Crippen molar-refractivity contribution < 1.29 is 8.78 Å². The molecular formula is C16H22F2N2. The van der Waals surface area contributed by atoms with Crippen molar-refractivity contribution in [1.82, 2.24) is 10.2 Å². The topological polar surface area (TPSA) is 15.3 Å². The molecule has 1 atom stereocenters.